The van der Waals surface area contributed by atoms with Gasteiger partial charge < -0.3 is 4.74 Å². The first-order chi connectivity index (χ1) is 8.10. The molecule has 0 amide bonds. The number of hydrogen-bond donors (Lipinski definition) is 0. The van der Waals surface area contributed by atoms with Gasteiger partial charge in [0.1, 0.15) is 0 Å². The van der Waals surface area contributed by atoms with Gasteiger partial charge in [-0.1, -0.05) is 31.2 Å². The molecule has 0 atom stereocenters. The van der Waals surface area contributed by atoms with Crippen molar-refractivity contribution in [1.29, 1.82) is 0 Å². The van der Waals surface area contributed by atoms with Crippen molar-refractivity contribution >= 4 is 11.5 Å². The van der Waals surface area contributed by atoms with Gasteiger partial charge in [-0.2, -0.15) is 0 Å². The van der Waals surface area contributed by atoms with Crippen molar-refractivity contribution in [2.75, 3.05) is 6.61 Å². The molecule has 0 heterocycles. The quantitative estimate of drug-likeness (QED) is 0.585. The zero-order valence-electron chi connectivity index (χ0n) is 11.0. The van der Waals surface area contributed by atoms with Crippen LogP contribution in [0.4, 0.5) is 0 Å². The van der Waals surface area contributed by atoms with Gasteiger partial charge in [0.2, 0.25) is 0 Å². The van der Waals surface area contributed by atoms with Crippen molar-refractivity contribution in [2.24, 2.45) is 0 Å². The van der Waals surface area contributed by atoms with E-state index in [0.717, 1.165) is 17.6 Å². The van der Waals surface area contributed by atoms with E-state index in [1.807, 2.05) is 13.8 Å². The Balaban J connectivity index is 2.97. The molecule has 0 aromatic heterocycles. The van der Waals surface area contributed by atoms with Gasteiger partial charge in [-0.3, -0.25) is 0 Å². The normalized spacial score (nSPS) is 12.0. The smallest absolute Gasteiger partial charge is 0.333 e. The number of carbonyl (C=O) groups is 1. The molecule has 1 aromatic carbocycles. The van der Waals surface area contributed by atoms with Crippen molar-refractivity contribution in [3.05, 3.63) is 41.0 Å². The maximum absolute atomic E-state index is 11.6. The number of benzene rings is 1. The molecule has 1 rings (SSSR count). The fourth-order valence-electron chi connectivity index (χ4n) is 1.60. The van der Waals surface area contributed by atoms with Gasteiger partial charge in [0.25, 0.3) is 0 Å². The van der Waals surface area contributed by atoms with Crippen molar-refractivity contribution in [3.8, 4) is 0 Å². The van der Waals surface area contributed by atoms with Crippen molar-refractivity contribution < 1.29 is 9.53 Å². The molecule has 0 aliphatic carbocycles. The lowest BCUT2D eigenvalue weighted by Crippen LogP contribution is -2.06. The Hall–Kier alpha value is -1.57. The van der Waals surface area contributed by atoms with Crippen LogP contribution >= 0.6 is 0 Å². The zero-order valence-corrected chi connectivity index (χ0v) is 11.0. The molecule has 0 radical (unpaired) electrons. The molecular weight excluding hydrogens is 212 g/mol. The molecule has 0 unspecified atom stereocenters. The lowest BCUT2D eigenvalue weighted by Gasteiger charge is -2.08. The first-order valence-electron chi connectivity index (χ1n) is 6.04. The largest absolute Gasteiger partial charge is 0.463 e. The van der Waals surface area contributed by atoms with Gasteiger partial charge in [0, 0.05) is 5.57 Å². The highest BCUT2D eigenvalue weighted by Gasteiger charge is 2.09. The summed E-state index contributed by atoms with van der Waals surface area (Å²) in [6.45, 7) is 8.12. The molecule has 0 bridgehead atoms. The minimum atomic E-state index is -0.232. The highest BCUT2D eigenvalue weighted by molar-refractivity contribution is 5.96. The van der Waals surface area contributed by atoms with Crippen LogP contribution in [0, 0.1) is 0 Å². The summed E-state index contributed by atoms with van der Waals surface area (Å²) in [6, 6.07) is 8.29. The summed E-state index contributed by atoms with van der Waals surface area (Å²) in [5.74, 6) is -0.232. The summed E-state index contributed by atoms with van der Waals surface area (Å²) in [4.78, 5) is 11.6. The maximum Gasteiger partial charge on any atom is 0.333 e. The molecule has 0 fully saturated rings. The van der Waals surface area contributed by atoms with Gasteiger partial charge in [0.15, 0.2) is 0 Å². The third-order valence-electron chi connectivity index (χ3n) is 2.94. The number of esters is 1. The van der Waals surface area contributed by atoms with E-state index in [4.69, 9.17) is 4.74 Å². The Labute approximate surface area is 103 Å². The monoisotopic (exact) mass is 232 g/mol. The molecule has 0 spiro atoms. The number of aryl methyl sites for hydroxylation is 1. The second-order valence-corrected chi connectivity index (χ2v) is 4.02. The highest BCUT2D eigenvalue weighted by atomic mass is 16.5. The van der Waals surface area contributed by atoms with Crippen LogP contribution in [-0.2, 0) is 16.0 Å². The topological polar surface area (TPSA) is 26.3 Å². The lowest BCUT2D eigenvalue weighted by atomic mass is 10.0. The van der Waals surface area contributed by atoms with Crippen molar-refractivity contribution in [2.45, 2.75) is 34.1 Å². The van der Waals surface area contributed by atoms with E-state index in [1.54, 1.807) is 6.92 Å². The number of ether oxygens (including phenoxy) is 1. The van der Waals surface area contributed by atoms with E-state index >= 15 is 0 Å². The van der Waals surface area contributed by atoms with Crippen LogP contribution in [0.25, 0.3) is 5.57 Å². The Morgan fingerprint density at radius 3 is 2.18 bits per heavy atom. The van der Waals surface area contributed by atoms with Gasteiger partial charge in [-0.05, 0) is 43.9 Å². The predicted molar refractivity (Wildman–Crippen MR) is 70.7 cm³/mol. The van der Waals surface area contributed by atoms with E-state index < -0.39 is 0 Å². The fraction of sp³-hybridized carbons (Fsp3) is 0.400. The SMILES string of the molecule is CCOC(=O)/C(C)=C(/C)c1ccc(CC)cc1. The molecular formula is C15H20O2. The fourth-order valence-corrected chi connectivity index (χ4v) is 1.60. The first-order valence-corrected chi connectivity index (χ1v) is 6.04. The molecule has 17 heavy (non-hydrogen) atoms. The third-order valence-corrected chi connectivity index (χ3v) is 2.94. The summed E-state index contributed by atoms with van der Waals surface area (Å²) < 4.78 is 4.99. The highest BCUT2D eigenvalue weighted by Crippen LogP contribution is 2.19. The predicted octanol–water partition coefficient (Wildman–Crippen LogP) is 3.61. The van der Waals surface area contributed by atoms with E-state index in [1.165, 1.54) is 5.56 Å². The molecule has 0 aliphatic rings. The molecule has 0 saturated heterocycles. The second-order valence-electron chi connectivity index (χ2n) is 4.02. The molecule has 0 saturated carbocycles. The van der Waals surface area contributed by atoms with Crippen LogP contribution in [0.1, 0.15) is 38.8 Å². The Morgan fingerprint density at radius 2 is 1.71 bits per heavy atom. The van der Waals surface area contributed by atoms with Crippen LogP contribution in [-0.4, -0.2) is 12.6 Å². The first kappa shape index (κ1) is 13.5. The standard InChI is InChI=1S/C15H20O2/c1-5-13-7-9-14(10-8-13)11(3)12(4)15(16)17-6-2/h7-10H,5-6H2,1-4H3/b12-11-. The Kier molecular flexibility index (Phi) is 4.95. The van der Waals surface area contributed by atoms with Crippen molar-refractivity contribution in [1.82, 2.24) is 0 Å². The summed E-state index contributed by atoms with van der Waals surface area (Å²) in [5.41, 5.74) is 4.03. The summed E-state index contributed by atoms with van der Waals surface area (Å²) in [7, 11) is 0. The summed E-state index contributed by atoms with van der Waals surface area (Å²) >= 11 is 0. The minimum absolute atomic E-state index is 0.232. The summed E-state index contributed by atoms with van der Waals surface area (Å²) in [5, 5.41) is 0. The van der Waals surface area contributed by atoms with Crippen LogP contribution in [0.3, 0.4) is 0 Å². The van der Waals surface area contributed by atoms with Crippen LogP contribution in [0.2, 0.25) is 0 Å². The number of allylic oxidation sites excluding steroid dienone is 1. The molecule has 1 aromatic rings. The van der Waals surface area contributed by atoms with Crippen LogP contribution in [0.15, 0.2) is 29.8 Å². The van der Waals surface area contributed by atoms with E-state index in [2.05, 4.69) is 31.2 Å². The second kappa shape index (κ2) is 6.24. The Morgan fingerprint density at radius 1 is 1.12 bits per heavy atom. The third kappa shape index (κ3) is 3.45. The number of hydrogen-bond acceptors (Lipinski definition) is 2. The van der Waals surface area contributed by atoms with E-state index in [9.17, 15) is 4.79 Å². The molecule has 0 N–H and O–H groups in total. The minimum Gasteiger partial charge on any atom is -0.463 e. The summed E-state index contributed by atoms with van der Waals surface area (Å²) in [6.07, 6.45) is 1.03. The molecule has 0 aliphatic heterocycles. The van der Waals surface area contributed by atoms with Gasteiger partial charge in [-0.25, -0.2) is 4.79 Å². The van der Waals surface area contributed by atoms with Crippen LogP contribution in [0.5, 0.6) is 0 Å². The zero-order chi connectivity index (χ0) is 12.8. The van der Waals surface area contributed by atoms with Crippen LogP contribution < -0.4 is 0 Å². The van der Waals surface area contributed by atoms with Gasteiger partial charge >= 0.3 is 5.97 Å². The van der Waals surface area contributed by atoms with E-state index in [-0.39, 0.29) is 5.97 Å². The van der Waals surface area contributed by atoms with Gasteiger partial charge in [-0.15, -0.1) is 0 Å². The number of rotatable bonds is 4. The maximum atomic E-state index is 11.6. The molecule has 2 heteroatoms. The average molecular weight is 232 g/mol. The number of carbonyl (C=O) groups excluding carboxylic acids is 1. The molecule has 92 valence electrons. The average Bonchev–Trinajstić information content (AvgIpc) is 2.37. The lowest BCUT2D eigenvalue weighted by molar-refractivity contribution is -0.138. The van der Waals surface area contributed by atoms with Crippen molar-refractivity contribution in [3.63, 3.8) is 0 Å². The van der Waals surface area contributed by atoms with Gasteiger partial charge in [0.05, 0.1) is 6.61 Å². The molecule has 2 nitrogen and oxygen atoms in total. The van der Waals surface area contributed by atoms with E-state index in [0.29, 0.717) is 12.2 Å². The Bertz CT molecular complexity index is 413.